The number of nitrogens with one attached hydrogen (secondary N) is 1. The van der Waals surface area contributed by atoms with Crippen LogP contribution in [0.25, 0.3) is 0 Å². The first kappa shape index (κ1) is 11.6. The highest BCUT2D eigenvalue weighted by Gasteiger charge is 2.23. The molecular formula is C12H22N4. The maximum atomic E-state index is 4.21. The average Bonchev–Trinajstić information content (AvgIpc) is 2.58. The Bertz CT molecular complexity index is 317. The minimum atomic E-state index is 0.761. The number of hydrogen-bond acceptors (Lipinski definition) is 3. The summed E-state index contributed by atoms with van der Waals surface area (Å²) in [5.41, 5.74) is 1.34. The van der Waals surface area contributed by atoms with Crippen LogP contribution >= 0.6 is 0 Å². The zero-order valence-electron chi connectivity index (χ0n) is 10.3. The van der Waals surface area contributed by atoms with Crippen LogP contribution in [0.15, 0.2) is 12.4 Å². The topological polar surface area (TPSA) is 33.1 Å². The van der Waals surface area contributed by atoms with Gasteiger partial charge in [0.05, 0.1) is 6.20 Å². The minimum Gasteiger partial charge on any atom is -0.314 e. The van der Waals surface area contributed by atoms with Crippen LogP contribution in [0.3, 0.4) is 0 Å². The zero-order valence-corrected chi connectivity index (χ0v) is 10.3. The van der Waals surface area contributed by atoms with E-state index in [0.717, 1.165) is 32.1 Å². The fraction of sp³-hybridized carbons (Fsp3) is 0.750. The van der Waals surface area contributed by atoms with E-state index in [9.17, 15) is 0 Å². The monoisotopic (exact) mass is 222 g/mol. The number of rotatable bonds is 6. The molecule has 1 fully saturated rings. The predicted molar refractivity (Wildman–Crippen MR) is 65.4 cm³/mol. The number of nitrogens with zero attached hydrogens (tertiary/aromatic N) is 3. The highest BCUT2D eigenvalue weighted by Crippen LogP contribution is 2.08. The van der Waals surface area contributed by atoms with E-state index in [4.69, 9.17) is 0 Å². The summed E-state index contributed by atoms with van der Waals surface area (Å²) in [5, 5.41) is 7.55. The first-order valence-electron chi connectivity index (χ1n) is 6.22. The maximum Gasteiger partial charge on any atom is 0.0522 e. The van der Waals surface area contributed by atoms with Crippen molar-refractivity contribution in [3.05, 3.63) is 18.0 Å². The smallest absolute Gasteiger partial charge is 0.0522 e. The molecule has 0 unspecified atom stereocenters. The first-order valence-corrected chi connectivity index (χ1v) is 6.22. The molecule has 0 aliphatic carbocycles. The Morgan fingerprint density at radius 1 is 1.50 bits per heavy atom. The molecule has 0 saturated carbocycles. The fourth-order valence-corrected chi connectivity index (χ4v) is 2.17. The van der Waals surface area contributed by atoms with E-state index < -0.39 is 0 Å². The summed E-state index contributed by atoms with van der Waals surface area (Å²) < 4.78 is 1.88. The molecule has 0 radical (unpaired) electrons. The Hall–Kier alpha value is -0.870. The van der Waals surface area contributed by atoms with Gasteiger partial charge in [-0.1, -0.05) is 6.92 Å². The normalized spacial score (nSPS) is 16.7. The van der Waals surface area contributed by atoms with Gasteiger partial charge in [0.15, 0.2) is 0 Å². The molecule has 90 valence electrons. The lowest BCUT2D eigenvalue weighted by atomic mass is 10.1. The second-order valence-corrected chi connectivity index (χ2v) is 4.62. The third kappa shape index (κ3) is 2.83. The molecule has 0 amide bonds. The van der Waals surface area contributed by atoms with Crippen LogP contribution in [0.2, 0.25) is 0 Å². The molecule has 0 aromatic carbocycles. The number of aryl methyl sites for hydroxylation is 1. The van der Waals surface area contributed by atoms with Crippen LogP contribution in [0.1, 0.15) is 18.9 Å². The van der Waals surface area contributed by atoms with Crippen molar-refractivity contribution in [2.45, 2.75) is 25.8 Å². The van der Waals surface area contributed by atoms with Crippen molar-refractivity contribution in [2.24, 2.45) is 7.05 Å². The van der Waals surface area contributed by atoms with Gasteiger partial charge < -0.3 is 5.32 Å². The van der Waals surface area contributed by atoms with Gasteiger partial charge >= 0.3 is 0 Å². The van der Waals surface area contributed by atoms with Gasteiger partial charge in [0.25, 0.3) is 0 Å². The summed E-state index contributed by atoms with van der Waals surface area (Å²) in [6.07, 6.45) is 6.44. The number of hydrogen-bond donors (Lipinski definition) is 1. The molecule has 2 heterocycles. The lowest BCUT2D eigenvalue weighted by molar-refractivity contribution is 0.147. The Morgan fingerprint density at radius 2 is 2.31 bits per heavy atom. The van der Waals surface area contributed by atoms with E-state index in [1.165, 1.54) is 18.5 Å². The lowest BCUT2D eigenvalue weighted by Gasteiger charge is -2.38. The Balaban J connectivity index is 1.81. The van der Waals surface area contributed by atoms with Gasteiger partial charge in [-0.3, -0.25) is 9.58 Å². The Labute approximate surface area is 97.6 Å². The summed E-state index contributed by atoms with van der Waals surface area (Å²) >= 11 is 0. The fourth-order valence-electron chi connectivity index (χ4n) is 2.17. The van der Waals surface area contributed by atoms with Crippen LogP contribution in [-0.2, 0) is 13.5 Å². The van der Waals surface area contributed by atoms with Gasteiger partial charge in [0, 0.05) is 38.9 Å². The number of aromatic nitrogens is 2. The molecule has 4 nitrogen and oxygen atoms in total. The highest BCUT2D eigenvalue weighted by molar-refractivity contribution is 5.04. The molecule has 0 spiro atoms. The van der Waals surface area contributed by atoms with Crippen molar-refractivity contribution in [2.75, 3.05) is 26.2 Å². The first-order chi connectivity index (χ1) is 7.79. The molecule has 1 saturated heterocycles. The standard InChI is InChI=1S/C12H22N4/c1-3-5-16(12-8-13-9-12)6-4-11-7-14-15(2)10-11/h7,10,12-13H,3-6,8-9H2,1-2H3. The van der Waals surface area contributed by atoms with Gasteiger partial charge in [-0.15, -0.1) is 0 Å². The van der Waals surface area contributed by atoms with Gasteiger partial charge in [0.2, 0.25) is 0 Å². The van der Waals surface area contributed by atoms with Crippen LogP contribution in [0, 0.1) is 0 Å². The molecule has 4 heteroatoms. The van der Waals surface area contributed by atoms with Crippen molar-refractivity contribution in [1.82, 2.24) is 20.0 Å². The summed E-state index contributed by atoms with van der Waals surface area (Å²) in [6, 6.07) is 0.761. The second kappa shape index (κ2) is 5.46. The third-order valence-corrected chi connectivity index (χ3v) is 3.23. The summed E-state index contributed by atoms with van der Waals surface area (Å²) in [7, 11) is 1.98. The predicted octanol–water partition coefficient (Wildman–Crippen LogP) is 0.646. The minimum absolute atomic E-state index is 0.761. The van der Waals surface area contributed by atoms with Crippen molar-refractivity contribution in [3.63, 3.8) is 0 Å². The largest absolute Gasteiger partial charge is 0.314 e. The second-order valence-electron chi connectivity index (χ2n) is 4.62. The highest BCUT2D eigenvalue weighted by atomic mass is 15.2. The molecule has 1 aliphatic rings. The van der Waals surface area contributed by atoms with E-state index in [-0.39, 0.29) is 0 Å². The van der Waals surface area contributed by atoms with Crippen molar-refractivity contribution in [1.29, 1.82) is 0 Å². The molecule has 0 atom stereocenters. The van der Waals surface area contributed by atoms with E-state index in [1.54, 1.807) is 0 Å². The van der Waals surface area contributed by atoms with Crippen LogP contribution in [0.5, 0.6) is 0 Å². The molecule has 16 heavy (non-hydrogen) atoms. The molecule has 1 aromatic heterocycles. The SMILES string of the molecule is CCCN(CCc1cnn(C)c1)C1CNC1. The van der Waals surface area contributed by atoms with Crippen molar-refractivity contribution >= 4 is 0 Å². The molecule has 1 aromatic rings. The molecule has 0 bridgehead atoms. The van der Waals surface area contributed by atoms with Crippen LogP contribution in [0.4, 0.5) is 0 Å². The van der Waals surface area contributed by atoms with Gasteiger partial charge in [-0.05, 0) is 24.9 Å². The van der Waals surface area contributed by atoms with Gasteiger partial charge in [-0.25, -0.2) is 0 Å². The van der Waals surface area contributed by atoms with Crippen LogP contribution < -0.4 is 5.32 Å². The van der Waals surface area contributed by atoms with E-state index in [2.05, 4.69) is 28.4 Å². The average molecular weight is 222 g/mol. The Kier molecular flexibility index (Phi) is 3.96. The van der Waals surface area contributed by atoms with E-state index >= 15 is 0 Å². The molecule has 2 rings (SSSR count). The molecule has 1 aliphatic heterocycles. The maximum absolute atomic E-state index is 4.21. The third-order valence-electron chi connectivity index (χ3n) is 3.23. The van der Waals surface area contributed by atoms with Crippen molar-refractivity contribution < 1.29 is 0 Å². The summed E-state index contributed by atoms with van der Waals surface area (Å²) in [4.78, 5) is 2.60. The lowest BCUT2D eigenvalue weighted by Crippen LogP contribution is -2.57. The zero-order chi connectivity index (χ0) is 11.4. The molecular weight excluding hydrogens is 200 g/mol. The Morgan fingerprint density at radius 3 is 2.81 bits per heavy atom. The summed E-state index contributed by atoms with van der Waals surface area (Å²) in [6.45, 7) is 6.95. The quantitative estimate of drug-likeness (QED) is 0.767. The van der Waals surface area contributed by atoms with Crippen molar-refractivity contribution in [3.8, 4) is 0 Å². The van der Waals surface area contributed by atoms with E-state index in [0.29, 0.717) is 0 Å². The van der Waals surface area contributed by atoms with E-state index in [1.807, 2.05) is 17.9 Å². The summed E-state index contributed by atoms with van der Waals surface area (Å²) in [5.74, 6) is 0. The van der Waals surface area contributed by atoms with Crippen LogP contribution in [-0.4, -0.2) is 46.9 Å². The van der Waals surface area contributed by atoms with Gasteiger partial charge in [0.1, 0.15) is 0 Å². The molecule has 1 N–H and O–H groups in total. The van der Waals surface area contributed by atoms with Gasteiger partial charge in [-0.2, -0.15) is 5.10 Å².